The van der Waals surface area contributed by atoms with Crippen LogP contribution in [0.5, 0.6) is 0 Å². The van der Waals surface area contributed by atoms with Gasteiger partial charge in [-0.3, -0.25) is 19.6 Å². The molecule has 172 valence electrons. The fraction of sp³-hybridized carbons (Fsp3) is 0.625. The number of amides is 2. The quantitative estimate of drug-likeness (QED) is 0.712. The fourth-order valence-corrected chi connectivity index (χ4v) is 5.68. The lowest BCUT2D eigenvalue weighted by Crippen LogP contribution is -2.44. The second kappa shape index (κ2) is 8.90. The van der Waals surface area contributed by atoms with Crippen LogP contribution in [0.4, 0.5) is 4.39 Å². The van der Waals surface area contributed by atoms with Crippen LogP contribution in [0, 0.1) is 5.92 Å². The maximum atomic E-state index is 15.3. The first-order valence-corrected chi connectivity index (χ1v) is 11.9. The molecule has 1 unspecified atom stereocenters. The van der Waals surface area contributed by atoms with Gasteiger partial charge in [0.15, 0.2) is 0 Å². The molecule has 1 aromatic heterocycles. The maximum absolute atomic E-state index is 15.3. The summed E-state index contributed by atoms with van der Waals surface area (Å²) in [6, 6.07) is 6.02. The van der Waals surface area contributed by atoms with Crippen molar-refractivity contribution in [2.24, 2.45) is 13.0 Å². The molecule has 3 aliphatic heterocycles. The van der Waals surface area contributed by atoms with Crippen molar-refractivity contribution in [3.8, 4) is 0 Å². The van der Waals surface area contributed by atoms with Gasteiger partial charge in [-0.05, 0) is 62.9 Å². The minimum Gasteiger partial charge on any atom is -0.317 e. The molecule has 0 saturated carbocycles. The molecule has 0 aliphatic carbocycles. The van der Waals surface area contributed by atoms with Crippen LogP contribution in [-0.4, -0.2) is 65.4 Å². The van der Waals surface area contributed by atoms with Gasteiger partial charge in [0.05, 0.1) is 17.1 Å². The molecule has 3 saturated heterocycles. The zero-order chi connectivity index (χ0) is 22.2. The van der Waals surface area contributed by atoms with E-state index in [1.54, 1.807) is 4.68 Å². The van der Waals surface area contributed by atoms with Crippen LogP contribution in [0.15, 0.2) is 18.2 Å². The number of hydrogen-bond donors (Lipinski definition) is 2. The minimum atomic E-state index is -0.884. The van der Waals surface area contributed by atoms with E-state index in [1.165, 1.54) is 12.8 Å². The summed E-state index contributed by atoms with van der Waals surface area (Å²) >= 11 is 0. The van der Waals surface area contributed by atoms with Gasteiger partial charge in [-0.1, -0.05) is 12.1 Å². The lowest BCUT2D eigenvalue weighted by Gasteiger charge is -2.37. The molecule has 0 radical (unpaired) electrons. The van der Waals surface area contributed by atoms with Crippen molar-refractivity contribution < 1.29 is 14.0 Å². The first-order valence-electron chi connectivity index (χ1n) is 11.9. The summed E-state index contributed by atoms with van der Waals surface area (Å²) in [5, 5.41) is 11.3. The van der Waals surface area contributed by atoms with E-state index in [1.807, 2.05) is 25.2 Å². The molecule has 32 heavy (non-hydrogen) atoms. The van der Waals surface area contributed by atoms with E-state index in [-0.39, 0.29) is 17.7 Å². The maximum Gasteiger partial charge on any atom is 0.235 e. The van der Waals surface area contributed by atoms with Gasteiger partial charge in [0.2, 0.25) is 11.8 Å². The predicted molar refractivity (Wildman–Crippen MR) is 120 cm³/mol. The Bertz CT molecular complexity index is 1020. The zero-order valence-electron chi connectivity index (χ0n) is 18.6. The second-order valence-corrected chi connectivity index (χ2v) is 9.65. The number of aryl methyl sites for hydroxylation is 1. The molecule has 7 nitrogen and oxygen atoms in total. The summed E-state index contributed by atoms with van der Waals surface area (Å²) in [5.74, 6) is -0.368. The number of carbonyl (C=O) groups is 2. The third-order valence-corrected chi connectivity index (χ3v) is 7.50. The van der Waals surface area contributed by atoms with Crippen LogP contribution < -0.4 is 10.6 Å². The Balaban J connectivity index is 1.31. The predicted octanol–water partition coefficient (Wildman–Crippen LogP) is 2.22. The highest BCUT2D eigenvalue weighted by Crippen LogP contribution is 2.35. The van der Waals surface area contributed by atoms with E-state index >= 15 is 4.39 Å². The third kappa shape index (κ3) is 4.18. The van der Waals surface area contributed by atoms with Crippen molar-refractivity contribution in [2.75, 3.05) is 32.7 Å². The normalized spacial score (nSPS) is 28.2. The molecule has 5 rings (SSSR count). The highest BCUT2D eigenvalue weighted by molar-refractivity contribution is 6.02. The topological polar surface area (TPSA) is 79.3 Å². The molecule has 1 aromatic carbocycles. The van der Waals surface area contributed by atoms with E-state index in [4.69, 9.17) is 0 Å². The summed E-state index contributed by atoms with van der Waals surface area (Å²) < 4.78 is 17.0. The number of halogens is 1. The van der Waals surface area contributed by atoms with E-state index < -0.39 is 12.1 Å². The Morgan fingerprint density at radius 3 is 2.72 bits per heavy atom. The number of aromatic nitrogens is 2. The first kappa shape index (κ1) is 21.5. The zero-order valence-corrected chi connectivity index (χ0v) is 18.6. The summed E-state index contributed by atoms with van der Waals surface area (Å²) in [5.41, 5.74) is 2.61. The largest absolute Gasteiger partial charge is 0.317 e. The third-order valence-electron chi connectivity index (χ3n) is 7.50. The highest BCUT2D eigenvalue weighted by atomic mass is 19.1. The Hall–Kier alpha value is -2.32. The lowest BCUT2D eigenvalue weighted by atomic mass is 9.86. The molecule has 2 N–H and O–H groups in total. The molecule has 0 bridgehead atoms. The molecule has 3 fully saturated rings. The van der Waals surface area contributed by atoms with Crippen molar-refractivity contribution in [1.82, 2.24) is 25.3 Å². The van der Waals surface area contributed by atoms with Gasteiger partial charge in [0, 0.05) is 37.9 Å². The molecule has 3 aliphatic rings. The molecule has 4 heterocycles. The van der Waals surface area contributed by atoms with Gasteiger partial charge < -0.3 is 10.2 Å². The van der Waals surface area contributed by atoms with Crippen molar-refractivity contribution in [1.29, 1.82) is 0 Å². The Kier molecular flexibility index (Phi) is 5.99. The monoisotopic (exact) mass is 441 g/mol. The smallest absolute Gasteiger partial charge is 0.235 e. The number of rotatable bonds is 4. The second-order valence-electron chi connectivity index (χ2n) is 9.65. The summed E-state index contributed by atoms with van der Waals surface area (Å²) in [6.45, 7) is 4.59. The number of carbonyl (C=O) groups excluding carboxylic acids is 2. The average molecular weight is 442 g/mol. The van der Waals surface area contributed by atoms with Crippen LogP contribution in [0.2, 0.25) is 0 Å². The Labute approximate surface area is 187 Å². The molecule has 3 atom stereocenters. The number of fused-ring (bicyclic) bond motifs is 1. The highest BCUT2D eigenvalue weighted by Gasteiger charge is 2.34. The number of hydrogen-bond acceptors (Lipinski definition) is 5. The van der Waals surface area contributed by atoms with Gasteiger partial charge in [-0.15, -0.1) is 0 Å². The number of nitrogens with zero attached hydrogens (tertiary/aromatic N) is 3. The summed E-state index contributed by atoms with van der Waals surface area (Å²) in [4.78, 5) is 26.2. The lowest BCUT2D eigenvalue weighted by molar-refractivity contribution is -0.134. The van der Waals surface area contributed by atoms with Crippen molar-refractivity contribution in [3.63, 3.8) is 0 Å². The van der Waals surface area contributed by atoms with Crippen molar-refractivity contribution in [2.45, 2.75) is 50.1 Å². The number of imide groups is 1. The molecular weight excluding hydrogens is 409 g/mol. The fourth-order valence-electron chi connectivity index (χ4n) is 5.68. The molecular formula is C24H32FN5O2. The standard InChI is InChI=1S/C24H32FN5O2/c1-29-21-12-16(2-3-18(21)23(28-29)19-4-5-22(31)27-24(19)32)17-8-11-30(14-20(17)25)13-15-6-9-26-10-7-15/h2-3,12,15,17,19-20,26H,4-11,13-14H2,1H3,(H,27,31,32)/t17-,19?,20-/m1/s1. The van der Waals surface area contributed by atoms with Crippen LogP contribution in [0.25, 0.3) is 10.9 Å². The van der Waals surface area contributed by atoms with Crippen LogP contribution in [-0.2, 0) is 16.6 Å². The van der Waals surface area contributed by atoms with Gasteiger partial charge in [0.25, 0.3) is 0 Å². The van der Waals surface area contributed by atoms with Crippen LogP contribution in [0.3, 0.4) is 0 Å². The van der Waals surface area contributed by atoms with Gasteiger partial charge in [-0.2, -0.15) is 5.10 Å². The SMILES string of the molecule is Cn1nc(C2CCC(=O)NC2=O)c2ccc([C@H]3CCN(CC4CCNCC4)C[C@H]3F)cc21. The molecule has 2 aromatic rings. The molecule has 8 heteroatoms. The van der Waals surface area contributed by atoms with Crippen molar-refractivity contribution in [3.05, 3.63) is 29.5 Å². The van der Waals surface area contributed by atoms with E-state index in [2.05, 4.69) is 20.6 Å². The number of piperidine rings is 3. The van der Waals surface area contributed by atoms with Crippen LogP contribution in [0.1, 0.15) is 55.2 Å². The number of likely N-dealkylation sites (tertiary alicyclic amines) is 1. The van der Waals surface area contributed by atoms with Crippen LogP contribution >= 0.6 is 0 Å². The van der Waals surface area contributed by atoms with Crippen molar-refractivity contribution >= 4 is 22.7 Å². The van der Waals surface area contributed by atoms with Gasteiger partial charge in [-0.25, -0.2) is 4.39 Å². The van der Waals surface area contributed by atoms with E-state index in [0.29, 0.717) is 31.0 Å². The molecule has 0 spiro atoms. The Morgan fingerprint density at radius 1 is 1.16 bits per heavy atom. The summed E-state index contributed by atoms with van der Waals surface area (Å²) in [6.07, 6.45) is 3.10. The summed E-state index contributed by atoms with van der Waals surface area (Å²) in [7, 11) is 1.86. The Morgan fingerprint density at radius 2 is 1.97 bits per heavy atom. The number of nitrogens with one attached hydrogen (secondary N) is 2. The van der Waals surface area contributed by atoms with E-state index in [0.717, 1.165) is 49.1 Å². The number of benzene rings is 1. The van der Waals surface area contributed by atoms with E-state index in [9.17, 15) is 9.59 Å². The number of alkyl halides is 1. The van der Waals surface area contributed by atoms with Gasteiger partial charge >= 0.3 is 0 Å². The minimum absolute atomic E-state index is 0.113. The molecule has 2 amide bonds. The average Bonchev–Trinajstić information content (AvgIpc) is 3.10. The first-order chi connectivity index (χ1) is 15.5. The van der Waals surface area contributed by atoms with Gasteiger partial charge in [0.1, 0.15) is 6.17 Å².